The molecule has 0 amide bonds. The number of hydrogen-bond acceptors (Lipinski definition) is 4. The van der Waals surface area contributed by atoms with E-state index < -0.39 is 0 Å². The fraction of sp³-hybridized carbons (Fsp3) is 0.400. The van der Waals surface area contributed by atoms with Crippen LogP contribution in [-0.4, -0.2) is 22.8 Å². The van der Waals surface area contributed by atoms with Crippen LogP contribution in [0.4, 0.5) is 0 Å². The molecule has 0 aliphatic carbocycles. The number of thiazole rings is 1. The number of aryl methyl sites for hydroxylation is 1. The summed E-state index contributed by atoms with van der Waals surface area (Å²) in [5.41, 5.74) is 2.10. The molecule has 1 aromatic carbocycles. The predicted octanol–water partition coefficient (Wildman–Crippen LogP) is 3.44. The lowest BCUT2D eigenvalue weighted by Crippen LogP contribution is -2.05. The summed E-state index contributed by atoms with van der Waals surface area (Å²) in [5, 5.41) is 10.0. The first-order valence-electron chi connectivity index (χ1n) is 6.44. The Balaban J connectivity index is 2.19. The largest absolute Gasteiger partial charge is 0.491 e. The van der Waals surface area contributed by atoms with E-state index in [1.54, 1.807) is 11.3 Å². The number of hydrogen-bond donors (Lipinski definition) is 1. The molecule has 4 heteroatoms. The van der Waals surface area contributed by atoms with Crippen LogP contribution in [0.3, 0.4) is 0 Å². The lowest BCUT2D eigenvalue weighted by Gasteiger charge is -2.09. The Morgan fingerprint density at radius 3 is 2.53 bits per heavy atom. The van der Waals surface area contributed by atoms with Crippen LogP contribution < -0.4 is 4.74 Å². The smallest absolute Gasteiger partial charge is 0.123 e. The number of ether oxygens (including phenoxy) is 1. The van der Waals surface area contributed by atoms with Crippen molar-refractivity contribution >= 4 is 11.3 Å². The maximum atomic E-state index is 9.01. The Labute approximate surface area is 117 Å². The van der Waals surface area contributed by atoms with Crippen LogP contribution in [0, 0.1) is 6.92 Å². The van der Waals surface area contributed by atoms with E-state index in [4.69, 9.17) is 9.84 Å². The number of aliphatic hydroxyl groups is 1. The quantitative estimate of drug-likeness (QED) is 0.910. The predicted molar refractivity (Wildman–Crippen MR) is 78.8 cm³/mol. The van der Waals surface area contributed by atoms with Gasteiger partial charge in [-0.2, -0.15) is 0 Å². The fourth-order valence-corrected chi connectivity index (χ4v) is 2.89. The maximum absolute atomic E-state index is 9.01. The summed E-state index contributed by atoms with van der Waals surface area (Å²) in [4.78, 5) is 5.71. The van der Waals surface area contributed by atoms with E-state index in [0.29, 0.717) is 6.42 Å². The second-order valence-electron chi connectivity index (χ2n) is 4.69. The Kier molecular flexibility index (Phi) is 4.56. The molecule has 1 aromatic heterocycles. The number of aromatic nitrogens is 1. The van der Waals surface area contributed by atoms with Gasteiger partial charge in [-0.1, -0.05) is 0 Å². The van der Waals surface area contributed by atoms with Crippen molar-refractivity contribution in [3.05, 3.63) is 34.8 Å². The molecule has 0 bridgehead atoms. The fourth-order valence-electron chi connectivity index (χ4n) is 1.83. The van der Waals surface area contributed by atoms with Crippen LogP contribution >= 0.6 is 11.3 Å². The summed E-state index contributed by atoms with van der Waals surface area (Å²) in [6, 6.07) is 7.99. The van der Waals surface area contributed by atoms with Crippen molar-refractivity contribution in [1.82, 2.24) is 4.98 Å². The topological polar surface area (TPSA) is 42.4 Å². The summed E-state index contributed by atoms with van der Waals surface area (Å²) in [6.07, 6.45) is 0.863. The minimum atomic E-state index is 0.170. The van der Waals surface area contributed by atoms with Crippen LogP contribution in [0.1, 0.15) is 24.4 Å². The Morgan fingerprint density at radius 2 is 1.95 bits per heavy atom. The molecule has 2 rings (SSSR count). The van der Waals surface area contributed by atoms with Crippen molar-refractivity contribution in [1.29, 1.82) is 0 Å². The Hall–Kier alpha value is -1.39. The van der Waals surface area contributed by atoms with Crippen LogP contribution in [0.2, 0.25) is 0 Å². The van der Waals surface area contributed by atoms with Gasteiger partial charge < -0.3 is 9.84 Å². The van der Waals surface area contributed by atoms with E-state index in [1.165, 1.54) is 0 Å². The third kappa shape index (κ3) is 3.55. The van der Waals surface area contributed by atoms with Crippen molar-refractivity contribution in [3.63, 3.8) is 0 Å². The van der Waals surface area contributed by atoms with Gasteiger partial charge in [0.05, 0.1) is 11.8 Å². The minimum absolute atomic E-state index is 0.170. The standard InChI is InChI=1S/C15H19NO2S/c1-10(2)18-13-6-4-12(5-7-13)15-16-11(3)14(19-15)8-9-17/h4-7,10,17H,8-9H2,1-3H3. The Bertz CT molecular complexity index is 532. The molecule has 0 spiro atoms. The highest BCUT2D eigenvalue weighted by Crippen LogP contribution is 2.29. The Morgan fingerprint density at radius 1 is 1.26 bits per heavy atom. The molecular formula is C15H19NO2S. The van der Waals surface area contributed by atoms with Gasteiger partial charge in [0.25, 0.3) is 0 Å². The molecule has 1 heterocycles. The summed E-state index contributed by atoms with van der Waals surface area (Å²) >= 11 is 1.65. The number of benzene rings is 1. The van der Waals surface area contributed by atoms with E-state index in [1.807, 2.05) is 45.0 Å². The zero-order valence-corrected chi connectivity index (χ0v) is 12.3. The molecule has 0 fully saturated rings. The van der Waals surface area contributed by atoms with Gasteiger partial charge in [-0.25, -0.2) is 4.98 Å². The second-order valence-corrected chi connectivity index (χ2v) is 5.78. The molecule has 0 radical (unpaired) electrons. The highest BCUT2D eigenvalue weighted by Gasteiger charge is 2.09. The lowest BCUT2D eigenvalue weighted by atomic mass is 10.2. The summed E-state index contributed by atoms with van der Waals surface area (Å²) in [6.45, 7) is 6.18. The van der Waals surface area contributed by atoms with Crippen LogP contribution in [0.25, 0.3) is 10.6 Å². The molecular weight excluding hydrogens is 258 g/mol. The van der Waals surface area contributed by atoms with E-state index >= 15 is 0 Å². The third-order valence-corrected chi connectivity index (χ3v) is 3.97. The van der Waals surface area contributed by atoms with Gasteiger partial charge in [-0.15, -0.1) is 11.3 Å². The molecule has 0 atom stereocenters. The average Bonchev–Trinajstić information content (AvgIpc) is 2.72. The molecule has 0 saturated heterocycles. The summed E-state index contributed by atoms with van der Waals surface area (Å²) < 4.78 is 5.62. The van der Waals surface area contributed by atoms with Crippen molar-refractivity contribution < 1.29 is 9.84 Å². The molecule has 102 valence electrons. The molecule has 0 unspecified atom stereocenters. The highest BCUT2D eigenvalue weighted by atomic mass is 32.1. The number of nitrogens with zero attached hydrogens (tertiary/aromatic N) is 1. The number of aliphatic hydroxyl groups excluding tert-OH is 1. The zero-order chi connectivity index (χ0) is 13.8. The minimum Gasteiger partial charge on any atom is -0.491 e. The zero-order valence-electron chi connectivity index (χ0n) is 11.5. The van der Waals surface area contributed by atoms with E-state index in [-0.39, 0.29) is 12.7 Å². The van der Waals surface area contributed by atoms with Crippen LogP contribution in [0.15, 0.2) is 24.3 Å². The maximum Gasteiger partial charge on any atom is 0.123 e. The summed E-state index contributed by atoms with van der Waals surface area (Å²) in [7, 11) is 0. The van der Waals surface area contributed by atoms with Crippen molar-refractivity contribution in [3.8, 4) is 16.3 Å². The van der Waals surface area contributed by atoms with Crippen molar-refractivity contribution in [2.75, 3.05) is 6.61 Å². The van der Waals surface area contributed by atoms with Gasteiger partial charge in [0.1, 0.15) is 10.8 Å². The van der Waals surface area contributed by atoms with E-state index in [2.05, 4.69) is 4.98 Å². The second kappa shape index (κ2) is 6.17. The molecule has 2 aromatic rings. The van der Waals surface area contributed by atoms with Crippen LogP contribution in [0.5, 0.6) is 5.75 Å². The monoisotopic (exact) mass is 277 g/mol. The molecule has 0 saturated carbocycles. The SMILES string of the molecule is Cc1nc(-c2ccc(OC(C)C)cc2)sc1CCO. The van der Waals surface area contributed by atoms with Gasteiger partial charge in [0.15, 0.2) is 0 Å². The van der Waals surface area contributed by atoms with Crippen LogP contribution in [-0.2, 0) is 6.42 Å². The molecule has 3 nitrogen and oxygen atoms in total. The average molecular weight is 277 g/mol. The first-order chi connectivity index (χ1) is 9.10. The molecule has 0 aliphatic rings. The van der Waals surface area contributed by atoms with E-state index in [0.717, 1.165) is 26.9 Å². The molecule has 1 N–H and O–H groups in total. The molecule has 19 heavy (non-hydrogen) atoms. The van der Waals surface area contributed by atoms with Gasteiger partial charge in [-0.05, 0) is 45.0 Å². The third-order valence-electron chi connectivity index (χ3n) is 2.70. The van der Waals surface area contributed by atoms with Crippen molar-refractivity contribution in [2.24, 2.45) is 0 Å². The lowest BCUT2D eigenvalue weighted by molar-refractivity contribution is 0.242. The van der Waals surface area contributed by atoms with E-state index in [9.17, 15) is 0 Å². The van der Waals surface area contributed by atoms with Gasteiger partial charge in [-0.3, -0.25) is 0 Å². The summed E-state index contributed by atoms with van der Waals surface area (Å²) in [5.74, 6) is 0.877. The first-order valence-corrected chi connectivity index (χ1v) is 7.26. The molecule has 0 aliphatic heterocycles. The number of rotatable bonds is 5. The van der Waals surface area contributed by atoms with Crippen molar-refractivity contribution in [2.45, 2.75) is 33.3 Å². The van der Waals surface area contributed by atoms with Gasteiger partial charge in [0.2, 0.25) is 0 Å². The highest BCUT2D eigenvalue weighted by molar-refractivity contribution is 7.15. The normalized spacial score (nSPS) is 11.0. The van der Waals surface area contributed by atoms with Gasteiger partial charge in [0, 0.05) is 23.5 Å². The first kappa shape index (κ1) is 14.0. The van der Waals surface area contributed by atoms with Gasteiger partial charge >= 0.3 is 0 Å².